The molecule has 98 valence electrons. The van der Waals surface area contributed by atoms with Gasteiger partial charge in [-0.05, 0) is 34.8 Å². The minimum absolute atomic E-state index is 0.129. The van der Waals surface area contributed by atoms with E-state index in [0.29, 0.717) is 23.8 Å². The fourth-order valence-corrected chi connectivity index (χ4v) is 2.44. The Balaban J connectivity index is 2.08. The first-order valence-corrected chi connectivity index (χ1v) is 8.33. The maximum atomic E-state index is 12.1. The summed E-state index contributed by atoms with van der Waals surface area (Å²) < 4.78 is 11.7. The van der Waals surface area contributed by atoms with E-state index in [1.165, 1.54) is 0 Å². The summed E-state index contributed by atoms with van der Waals surface area (Å²) in [6, 6.07) is 1.80. The van der Waals surface area contributed by atoms with E-state index in [1.54, 1.807) is 18.5 Å². The maximum Gasteiger partial charge on any atom is 0.253 e. The summed E-state index contributed by atoms with van der Waals surface area (Å²) in [5.41, 5.74) is 1.52. The average Bonchev–Trinajstić information content (AvgIpc) is 3.12. The monoisotopic (exact) mass is 330 g/mol. The largest absolute Gasteiger partial charge is 0.351 e. The number of hydrogen-bond donors (Lipinski definition) is 1. The highest BCUT2D eigenvalue weighted by atomic mass is 79.9. The molecule has 0 spiro atoms. The summed E-state index contributed by atoms with van der Waals surface area (Å²) in [6.07, 6.45) is 5.57. The molecule has 1 aliphatic rings. The number of rotatable bonds is 5. The zero-order chi connectivity index (χ0) is 13.1. The third-order valence-corrected chi connectivity index (χ3v) is 3.98. The molecular formula is C12H15BrN2O2S. The van der Waals surface area contributed by atoms with Crippen LogP contribution in [0.15, 0.2) is 16.7 Å². The second-order valence-corrected chi connectivity index (χ2v) is 6.86. The van der Waals surface area contributed by atoms with Crippen LogP contribution in [-0.2, 0) is 10.8 Å². The predicted molar refractivity (Wildman–Crippen MR) is 75.2 cm³/mol. The molecule has 1 aromatic heterocycles. The van der Waals surface area contributed by atoms with Crippen LogP contribution in [0.25, 0.3) is 0 Å². The Morgan fingerprint density at radius 1 is 1.61 bits per heavy atom. The van der Waals surface area contributed by atoms with Crippen LogP contribution in [0.3, 0.4) is 0 Å². The fourth-order valence-electron chi connectivity index (χ4n) is 1.72. The lowest BCUT2D eigenvalue weighted by Gasteiger charge is -2.09. The molecule has 0 saturated heterocycles. The van der Waals surface area contributed by atoms with Crippen molar-refractivity contribution in [1.82, 2.24) is 10.3 Å². The Bertz CT molecular complexity index is 489. The van der Waals surface area contributed by atoms with E-state index in [1.807, 2.05) is 0 Å². The Morgan fingerprint density at radius 3 is 2.94 bits per heavy atom. The Kier molecular flexibility index (Phi) is 4.50. The average molecular weight is 331 g/mol. The number of aromatic nitrogens is 1. The van der Waals surface area contributed by atoms with Crippen molar-refractivity contribution < 1.29 is 9.00 Å². The Morgan fingerprint density at radius 2 is 2.33 bits per heavy atom. The van der Waals surface area contributed by atoms with Gasteiger partial charge >= 0.3 is 0 Å². The van der Waals surface area contributed by atoms with Gasteiger partial charge in [-0.3, -0.25) is 14.0 Å². The molecule has 0 aromatic carbocycles. The van der Waals surface area contributed by atoms with Crippen molar-refractivity contribution in [2.45, 2.75) is 18.8 Å². The van der Waals surface area contributed by atoms with Gasteiger partial charge in [-0.2, -0.15) is 0 Å². The molecule has 1 aliphatic carbocycles. The van der Waals surface area contributed by atoms with E-state index in [9.17, 15) is 9.00 Å². The minimum Gasteiger partial charge on any atom is -0.351 e. The summed E-state index contributed by atoms with van der Waals surface area (Å²) in [5, 5.41) is 2.79. The Hall–Kier alpha value is -0.750. The molecule has 0 bridgehead atoms. The second-order valence-electron chi connectivity index (χ2n) is 4.39. The fraction of sp³-hybridized carbons (Fsp3) is 0.500. The summed E-state index contributed by atoms with van der Waals surface area (Å²) in [5.74, 6) is 0.779. The van der Waals surface area contributed by atoms with Crippen LogP contribution in [0.2, 0.25) is 0 Å². The molecule has 4 nitrogen and oxygen atoms in total. The highest BCUT2D eigenvalue weighted by Gasteiger charge is 2.29. The van der Waals surface area contributed by atoms with Crippen LogP contribution >= 0.6 is 15.9 Å². The second kappa shape index (κ2) is 5.93. The number of carbonyl (C=O) groups is 1. The van der Waals surface area contributed by atoms with Crippen LogP contribution in [0.5, 0.6) is 0 Å². The van der Waals surface area contributed by atoms with Crippen molar-refractivity contribution in [3.63, 3.8) is 0 Å². The summed E-state index contributed by atoms with van der Waals surface area (Å²) >= 11 is 3.33. The van der Waals surface area contributed by atoms with Crippen LogP contribution in [-0.4, -0.2) is 33.7 Å². The number of carbonyl (C=O) groups excluding carboxylic acids is 1. The molecule has 1 saturated carbocycles. The van der Waals surface area contributed by atoms with Gasteiger partial charge in [-0.1, -0.05) is 0 Å². The molecule has 0 radical (unpaired) electrons. The molecule has 6 heteroatoms. The van der Waals surface area contributed by atoms with Gasteiger partial charge in [0, 0.05) is 45.9 Å². The maximum absolute atomic E-state index is 12.1. The van der Waals surface area contributed by atoms with Gasteiger partial charge in [0.05, 0.1) is 11.3 Å². The van der Waals surface area contributed by atoms with Crippen molar-refractivity contribution in [2.75, 3.05) is 18.6 Å². The van der Waals surface area contributed by atoms with Crippen LogP contribution in [0, 0.1) is 0 Å². The van der Waals surface area contributed by atoms with Crippen molar-refractivity contribution in [3.8, 4) is 0 Å². The zero-order valence-electron chi connectivity index (χ0n) is 10.1. The summed E-state index contributed by atoms with van der Waals surface area (Å²) in [7, 11) is -0.884. The van der Waals surface area contributed by atoms with Crippen LogP contribution < -0.4 is 5.32 Å². The van der Waals surface area contributed by atoms with Gasteiger partial charge in [0.1, 0.15) is 0 Å². The molecule has 1 unspecified atom stereocenters. The topological polar surface area (TPSA) is 59.1 Å². The molecule has 1 N–H and O–H groups in total. The van der Waals surface area contributed by atoms with Gasteiger partial charge in [-0.25, -0.2) is 0 Å². The van der Waals surface area contributed by atoms with E-state index < -0.39 is 10.8 Å². The molecule has 1 fully saturated rings. The van der Waals surface area contributed by atoms with Gasteiger partial charge in [-0.15, -0.1) is 0 Å². The van der Waals surface area contributed by atoms with E-state index in [0.717, 1.165) is 23.0 Å². The van der Waals surface area contributed by atoms with E-state index in [-0.39, 0.29) is 5.91 Å². The molecule has 0 aliphatic heterocycles. The molecule has 18 heavy (non-hydrogen) atoms. The number of nitrogens with one attached hydrogen (secondary N) is 1. The zero-order valence-corrected chi connectivity index (χ0v) is 12.5. The highest BCUT2D eigenvalue weighted by molar-refractivity contribution is 9.10. The van der Waals surface area contributed by atoms with Gasteiger partial charge in [0.2, 0.25) is 0 Å². The van der Waals surface area contributed by atoms with E-state index >= 15 is 0 Å². The lowest BCUT2D eigenvalue weighted by molar-refractivity contribution is 0.0954. The SMILES string of the molecule is CS(=O)CCNC(=O)c1cc(Br)cnc1C1CC1. The Labute approximate surface area is 117 Å². The quantitative estimate of drug-likeness (QED) is 0.896. The van der Waals surface area contributed by atoms with Crippen molar-refractivity contribution in [1.29, 1.82) is 0 Å². The number of pyridine rings is 1. The van der Waals surface area contributed by atoms with Gasteiger partial charge in [0.25, 0.3) is 5.91 Å². The first-order valence-electron chi connectivity index (χ1n) is 5.81. The molecule has 1 aromatic rings. The minimum atomic E-state index is -0.884. The number of nitrogens with zero attached hydrogens (tertiary/aromatic N) is 1. The van der Waals surface area contributed by atoms with E-state index in [2.05, 4.69) is 26.2 Å². The molecule has 1 amide bonds. The lowest BCUT2D eigenvalue weighted by Crippen LogP contribution is -2.28. The molecule has 2 rings (SSSR count). The molecule has 1 heterocycles. The van der Waals surface area contributed by atoms with Gasteiger partial charge in [0.15, 0.2) is 0 Å². The first-order chi connectivity index (χ1) is 8.58. The lowest BCUT2D eigenvalue weighted by atomic mass is 10.1. The third-order valence-electron chi connectivity index (χ3n) is 2.77. The van der Waals surface area contributed by atoms with Crippen LogP contribution in [0.1, 0.15) is 34.8 Å². The normalized spacial score (nSPS) is 16.3. The van der Waals surface area contributed by atoms with Crippen molar-refractivity contribution >= 4 is 32.6 Å². The van der Waals surface area contributed by atoms with Crippen molar-refractivity contribution in [2.24, 2.45) is 0 Å². The van der Waals surface area contributed by atoms with Crippen LogP contribution in [0.4, 0.5) is 0 Å². The molecular weight excluding hydrogens is 316 g/mol. The summed E-state index contributed by atoms with van der Waals surface area (Å²) in [6.45, 7) is 0.429. The number of hydrogen-bond acceptors (Lipinski definition) is 3. The van der Waals surface area contributed by atoms with E-state index in [4.69, 9.17) is 0 Å². The van der Waals surface area contributed by atoms with Crippen molar-refractivity contribution in [3.05, 3.63) is 28.0 Å². The standard InChI is InChI=1S/C12H15BrN2O2S/c1-18(17)5-4-14-12(16)10-6-9(13)7-15-11(10)8-2-3-8/h6-8H,2-5H2,1H3,(H,14,16). The number of halogens is 1. The predicted octanol–water partition coefficient (Wildman–Crippen LogP) is 1.83. The third kappa shape index (κ3) is 3.62. The summed E-state index contributed by atoms with van der Waals surface area (Å²) in [4.78, 5) is 16.4. The smallest absolute Gasteiger partial charge is 0.253 e. The van der Waals surface area contributed by atoms with Gasteiger partial charge < -0.3 is 5.32 Å². The molecule has 1 atom stereocenters. The number of amides is 1. The highest BCUT2D eigenvalue weighted by Crippen LogP contribution is 2.40. The first kappa shape index (κ1) is 13.7.